The summed E-state index contributed by atoms with van der Waals surface area (Å²) in [7, 11) is -3.73. The zero-order chi connectivity index (χ0) is 15.4. The summed E-state index contributed by atoms with van der Waals surface area (Å²) in [4.78, 5) is 10.5. The number of carbonyl (C=O) groups is 1. The first-order valence-electron chi connectivity index (χ1n) is 6.75. The monoisotopic (exact) mass is 313 g/mol. The lowest BCUT2D eigenvalue weighted by molar-refractivity contribution is -0.136. The summed E-state index contributed by atoms with van der Waals surface area (Å²) in [5, 5.41) is 8.67. The maximum atomic E-state index is 13.9. The smallest absolute Gasteiger partial charge is 0.307 e. The summed E-state index contributed by atoms with van der Waals surface area (Å²) in [6.07, 6.45) is 1.24. The third kappa shape index (κ3) is 2.24. The molecule has 0 spiro atoms. The minimum Gasteiger partial charge on any atom is -0.481 e. The SMILES string of the molecule is CC12CC(CN1S(=O)(=O)c1ccc(CC(=O)O)c(F)c1)C2. The highest BCUT2D eigenvalue weighted by Gasteiger charge is 2.57. The van der Waals surface area contributed by atoms with Crippen LogP contribution in [0, 0.1) is 11.7 Å². The maximum absolute atomic E-state index is 13.9. The van der Waals surface area contributed by atoms with Gasteiger partial charge in [-0.3, -0.25) is 4.79 Å². The number of benzene rings is 1. The lowest BCUT2D eigenvalue weighted by atomic mass is 9.75. The molecule has 2 aliphatic heterocycles. The molecule has 3 aliphatic rings. The molecule has 1 aromatic carbocycles. The van der Waals surface area contributed by atoms with E-state index in [0.717, 1.165) is 18.9 Å². The van der Waals surface area contributed by atoms with E-state index in [2.05, 4.69) is 0 Å². The second-order valence-corrected chi connectivity index (χ2v) is 7.99. The Labute approximate surface area is 122 Å². The number of hydrogen-bond acceptors (Lipinski definition) is 3. The Morgan fingerprint density at radius 2 is 2.14 bits per heavy atom. The average Bonchev–Trinajstić information content (AvgIpc) is 2.84. The van der Waals surface area contributed by atoms with Crippen LogP contribution in [0.3, 0.4) is 0 Å². The van der Waals surface area contributed by atoms with Crippen molar-refractivity contribution in [1.82, 2.24) is 4.31 Å². The van der Waals surface area contributed by atoms with Crippen molar-refractivity contribution < 1.29 is 22.7 Å². The molecule has 1 N–H and O–H groups in total. The second kappa shape index (κ2) is 4.51. The fourth-order valence-electron chi connectivity index (χ4n) is 3.48. The van der Waals surface area contributed by atoms with Gasteiger partial charge in [0.1, 0.15) is 5.82 Å². The van der Waals surface area contributed by atoms with Gasteiger partial charge in [0.05, 0.1) is 11.3 Å². The number of nitrogens with zero attached hydrogens (tertiary/aromatic N) is 1. The van der Waals surface area contributed by atoms with Gasteiger partial charge in [-0.15, -0.1) is 0 Å². The fourth-order valence-corrected chi connectivity index (χ4v) is 5.37. The number of halogens is 1. The molecular weight excluding hydrogens is 297 g/mol. The zero-order valence-corrected chi connectivity index (χ0v) is 12.4. The predicted molar refractivity (Wildman–Crippen MR) is 72.8 cm³/mol. The molecule has 0 aromatic heterocycles. The lowest BCUT2D eigenvalue weighted by Gasteiger charge is -2.38. The molecule has 0 amide bonds. The fraction of sp³-hybridized carbons (Fsp3) is 0.500. The van der Waals surface area contributed by atoms with Gasteiger partial charge >= 0.3 is 5.97 Å². The minimum atomic E-state index is -3.73. The van der Waals surface area contributed by atoms with Crippen LogP contribution in [-0.2, 0) is 21.2 Å². The van der Waals surface area contributed by atoms with Crippen LogP contribution < -0.4 is 0 Å². The minimum absolute atomic E-state index is 0.0154. The molecule has 21 heavy (non-hydrogen) atoms. The number of sulfonamides is 1. The predicted octanol–water partition coefficient (Wildman–Crippen LogP) is 1.63. The molecule has 2 heterocycles. The Balaban J connectivity index is 1.93. The molecule has 0 radical (unpaired) electrons. The Morgan fingerprint density at radius 1 is 1.48 bits per heavy atom. The number of carboxylic acids is 1. The molecule has 114 valence electrons. The molecule has 1 aromatic rings. The molecule has 0 atom stereocenters. The van der Waals surface area contributed by atoms with E-state index in [1.807, 2.05) is 6.92 Å². The first-order valence-corrected chi connectivity index (χ1v) is 8.19. The molecule has 2 saturated heterocycles. The highest BCUT2D eigenvalue weighted by Crippen LogP contribution is 2.52. The van der Waals surface area contributed by atoms with Crippen molar-refractivity contribution in [1.29, 1.82) is 0 Å². The van der Waals surface area contributed by atoms with Crippen molar-refractivity contribution in [3.05, 3.63) is 29.6 Å². The number of rotatable bonds is 4. The van der Waals surface area contributed by atoms with E-state index in [1.54, 1.807) is 0 Å². The van der Waals surface area contributed by atoms with Crippen molar-refractivity contribution in [2.75, 3.05) is 6.54 Å². The topological polar surface area (TPSA) is 74.7 Å². The van der Waals surface area contributed by atoms with Gasteiger partial charge < -0.3 is 5.11 Å². The molecule has 3 fully saturated rings. The van der Waals surface area contributed by atoms with Crippen molar-refractivity contribution in [2.45, 2.75) is 36.6 Å². The Hall–Kier alpha value is -1.47. The van der Waals surface area contributed by atoms with Crippen LogP contribution in [0.25, 0.3) is 0 Å². The first kappa shape index (κ1) is 14.5. The van der Waals surface area contributed by atoms with Crippen LogP contribution in [0.4, 0.5) is 4.39 Å². The van der Waals surface area contributed by atoms with Gasteiger partial charge in [0.2, 0.25) is 10.0 Å². The zero-order valence-electron chi connectivity index (χ0n) is 11.5. The molecular formula is C14H16FNO4S. The molecule has 1 saturated carbocycles. The van der Waals surface area contributed by atoms with Crippen LogP contribution in [0.1, 0.15) is 25.3 Å². The van der Waals surface area contributed by atoms with E-state index in [-0.39, 0.29) is 16.0 Å². The Kier molecular flexibility index (Phi) is 3.11. The first-order chi connectivity index (χ1) is 9.72. The third-order valence-electron chi connectivity index (χ3n) is 4.44. The largest absolute Gasteiger partial charge is 0.481 e. The lowest BCUT2D eigenvalue weighted by Crippen LogP contribution is -2.45. The van der Waals surface area contributed by atoms with Gasteiger partial charge in [-0.2, -0.15) is 4.31 Å². The quantitative estimate of drug-likeness (QED) is 0.916. The molecule has 2 bridgehead atoms. The number of hydrogen-bond donors (Lipinski definition) is 1. The average molecular weight is 313 g/mol. The maximum Gasteiger partial charge on any atom is 0.307 e. The molecule has 4 rings (SSSR count). The molecule has 0 unspecified atom stereocenters. The highest BCUT2D eigenvalue weighted by atomic mass is 32.2. The van der Waals surface area contributed by atoms with Gasteiger partial charge in [0, 0.05) is 12.1 Å². The summed E-state index contributed by atoms with van der Waals surface area (Å²) in [6, 6.07) is 3.45. The van der Waals surface area contributed by atoms with Gasteiger partial charge in [-0.05, 0) is 43.4 Å². The summed E-state index contributed by atoms with van der Waals surface area (Å²) in [6.45, 7) is 2.39. The van der Waals surface area contributed by atoms with Crippen LogP contribution in [0.15, 0.2) is 23.1 Å². The van der Waals surface area contributed by atoms with Crippen molar-refractivity contribution in [2.24, 2.45) is 5.92 Å². The summed E-state index contributed by atoms with van der Waals surface area (Å²) in [5.74, 6) is -1.55. The van der Waals surface area contributed by atoms with Gasteiger partial charge in [-0.25, -0.2) is 12.8 Å². The normalized spacial score (nSPS) is 28.4. The van der Waals surface area contributed by atoms with Crippen LogP contribution in [-0.4, -0.2) is 35.9 Å². The second-order valence-electron chi connectivity index (χ2n) is 6.13. The van der Waals surface area contributed by atoms with E-state index in [0.29, 0.717) is 12.5 Å². The van der Waals surface area contributed by atoms with E-state index in [4.69, 9.17) is 5.11 Å². The van der Waals surface area contributed by atoms with E-state index in [1.165, 1.54) is 16.4 Å². The summed E-state index contributed by atoms with van der Waals surface area (Å²) in [5.41, 5.74) is -0.363. The van der Waals surface area contributed by atoms with E-state index < -0.39 is 28.2 Å². The van der Waals surface area contributed by atoms with Gasteiger partial charge in [-0.1, -0.05) is 6.07 Å². The highest BCUT2D eigenvalue weighted by molar-refractivity contribution is 7.89. The summed E-state index contributed by atoms with van der Waals surface area (Å²) < 4.78 is 40.5. The number of aliphatic carboxylic acids is 1. The van der Waals surface area contributed by atoms with Crippen molar-refractivity contribution >= 4 is 16.0 Å². The summed E-state index contributed by atoms with van der Waals surface area (Å²) >= 11 is 0. The van der Waals surface area contributed by atoms with Crippen LogP contribution in [0.5, 0.6) is 0 Å². The number of fused-ring (bicyclic) bond motifs is 1. The van der Waals surface area contributed by atoms with Crippen LogP contribution >= 0.6 is 0 Å². The standard InChI is InChI=1S/C14H16FNO4S/c1-14-6-9(7-14)8-16(14)21(19,20)11-3-2-10(4-13(17)18)12(15)5-11/h2-3,5,9H,4,6-8H2,1H3,(H,17,18). The molecule has 1 aliphatic carbocycles. The van der Waals surface area contributed by atoms with Gasteiger partial charge in [0.25, 0.3) is 0 Å². The Bertz CT molecular complexity index is 710. The van der Waals surface area contributed by atoms with E-state index in [9.17, 15) is 17.6 Å². The van der Waals surface area contributed by atoms with Crippen LogP contribution in [0.2, 0.25) is 0 Å². The van der Waals surface area contributed by atoms with Crippen molar-refractivity contribution in [3.8, 4) is 0 Å². The third-order valence-corrected chi connectivity index (χ3v) is 6.46. The van der Waals surface area contributed by atoms with E-state index >= 15 is 0 Å². The van der Waals surface area contributed by atoms with Gasteiger partial charge in [0.15, 0.2) is 0 Å². The van der Waals surface area contributed by atoms with Crippen molar-refractivity contribution in [3.63, 3.8) is 0 Å². The molecule has 5 nitrogen and oxygen atoms in total. The number of carboxylic acid groups (broad SMARTS) is 1. The Morgan fingerprint density at radius 3 is 2.62 bits per heavy atom. The molecule has 7 heteroatoms.